The SMILES string of the molecule is CC.Cc1ccc(F)c2cccnc12. The van der Waals surface area contributed by atoms with Crippen molar-refractivity contribution in [1.29, 1.82) is 0 Å². The molecule has 2 heteroatoms. The highest BCUT2D eigenvalue weighted by atomic mass is 19.1. The summed E-state index contributed by atoms with van der Waals surface area (Å²) in [6.07, 6.45) is 1.68. The van der Waals surface area contributed by atoms with Gasteiger partial charge in [0.15, 0.2) is 0 Å². The van der Waals surface area contributed by atoms with Gasteiger partial charge in [0.25, 0.3) is 0 Å². The Labute approximate surface area is 83.6 Å². The summed E-state index contributed by atoms with van der Waals surface area (Å²) in [5.74, 6) is -0.205. The van der Waals surface area contributed by atoms with E-state index in [0.717, 1.165) is 11.1 Å². The van der Waals surface area contributed by atoms with Crippen molar-refractivity contribution >= 4 is 10.9 Å². The summed E-state index contributed by atoms with van der Waals surface area (Å²) in [6, 6.07) is 6.69. The molecule has 0 amide bonds. The van der Waals surface area contributed by atoms with Crippen molar-refractivity contribution in [3.8, 4) is 0 Å². The lowest BCUT2D eigenvalue weighted by Gasteiger charge is -2.00. The Bertz CT molecular complexity index is 383. The molecular formula is C12H14FN. The molecule has 0 aliphatic carbocycles. The molecule has 0 aliphatic rings. The molecule has 74 valence electrons. The molecule has 14 heavy (non-hydrogen) atoms. The maximum absolute atomic E-state index is 13.1. The van der Waals surface area contributed by atoms with E-state index in [2.05, 4.69) is 4.98 Å². The average molecular weight is 191 g/mol. The van der Waals surface area contributed by atoms with Crippen LogP contribution >= 0.6 is 0 Å². The van der Waals surface area contributed by atoms with Crippen LogP contribution < -0.4 is 0 Å². The molecule has 1 nitrogen and oxygen atoms in total. The molecule has 0 radical (unpaired) electrons. The molecule has 0 atom stereocenters. The van der Waals surface area contributed by atoms with Crippen molar-refractivity contribution < 1.29 is 4.39 Å². The van der Waals surface area contributed by atoms with Gasteiger partial charge in [-0.15, -0.1) is 0 Å². The number of halogens is 1. The maximum Gasteiger partial charge on any atom is 0.132 e. The molecule has 0 bridgehead atoms. The van der Waals surface area contributed by atoms with Crippen molar-refractivity contribution in [3.05, 3.63) is 41.8 Å². The van der Waals surface area contributed by atoms with Crippen molar-refractivity contribution in [3.63, 3.8) is 0 Å². The van der Waals surface area contributed by atoms with Gasteiger partial charge in [-0.1, -0.05) is 19.9 Å². The Morgan fingerprint density at radius 3 is 2.50 bits per heavy atom. The van der Waals surface area contributed by atoms with Crippen molar-refractivity contribution in [2.24, 2.45) is 0 Å². The molecule has 1 aromatic heterocycles. The third-order valence-electron chi connectivity index (χ3n) is 1.92. The highest BCUT2D eigenvalue weighted by Gasteiger charge is 2.01. The Hall–Kier alpha value is -1.44. The lowest BCUT2D eigenvalue weighted by atomic mass is 10.1. The summed E-state index contributed by atoms with van der Waals surface area (Å²) >= 11 is 0. The van der Waals surface area contributed by atoms with Crippen LogP contribution in [-0.4, -0.2) is 4.98 Å². The standard InChI is InChI=1S/C10H8FN.C2H6/c1-7-4-5-9(11)8-3-2-6-12-10(7)8;1-2/h2-6H,1H3;1-2H3. The number of rotatable bonds is 0. The van der Waals surface area contributed by atoms with Gasteiger partial charge in [0.05, 0.1) is 5.52 Å². The van der Waals surface area contributed by atoms with E-state index in [1.165, 1.54) is 6.07 Å². The number of pyridine rings is 1. The van der Waals surface area contributed by atoms with Crippen LogP contribution in [0.1, 0.15) is 19.4 Å². The van der Waals surface area contributed by atoms with E-state index in [1.807, 2.05) is 20.8 Å². The molecule has 0 unspecified atom stereocenters. The smallest absolute Gasteiger partial charge is 0.132 e. The van der Waals surface area contributed by atoms with Gasteiger partial charge in [-0.05, 0) is 30.7 Å². The largest absolute Gasteiger partial charge is 0.256 e. The lowest BCUT2D eigenvalue weighted by Crippen LogP contribution is -1.85. The number of hydrogen-bond acceptors (Lipinski definition) is 1. The fraction of sp³-hybridized carbons (Fsp3) is 0.250. The molecule has 2 rings (SSSR count). The highest BCUT2D eigenvalue weighted by Crippen LogP contribution is 2.18. The van der Waals surface area contributed by atoms with Gasteiger partial charge in [0.2, 0.25) is 0 Å². The summed E-state index contributed by atoms with van der Waals surface area (Å²) in [4.78, 5) is 4.10. The quantitative estimate of drug-likeness (QED) is 0.618. The second kappa shape index (κ2) is 4.70. The maximum atomic E-state index is 13.1. The van der Waals surface area contributed by atoms with Crippen LogP contribution in [0.3, 0.4) is 0 Å². The minimum Gasteiger partial charge on any atom is -0.256 e. The highest BCUT2D eigenvalue weighted by molar-refractivity contribution is 5.81. The lowest BCUT2D eigenvalue weighted by molar-refractivity contribution is 0.639. The zero-order valence-electron chi connectivity index (χ0n) is 8.71. The molecule has 0 N–H and O–H groups in total. The first-order valence-corrected chi connectivity index (χ1v) is 4.79. The van der Waals surface area contributed by atoms with E-state index in [0.29, 0.717) is 5.39 Å². The Kier molecular flexibility index (Phi) is 3.57. The van der Waals surface area contributed by atoms with Crippen LogP contribution in [0.4, 0.5) is 4.39 Å². The molecule has 1 aromatic carbocycles. The van der Waals surface area contributed by atoms with Crippen LogP contribution in [-0.2, 0) is 0 Å². The van der Waals surface area contributed by atoms with Crippen LogP contribution in [0.5, 0.6) is 0 Å². The predicted molar refractivity (Wildman–Crippen MR) is 57.8 cm³/mol. The zero-order valence-corrected chi connectivity index (χ0v) is 8.71. The average Bonchev–Trinajstić information content (AvgIpc) is 2.27. The van der Waals surface area contributed by atoms with E-state index in [-0.39, 0.29) is 5.82 Å². The zero-order chi connectivity index (χ0) is 10.6. The van der Waals surface area contributed by atoms with Gasteiger partial charge in [0.1, 0.15) is 5.82 Å². The number of benzene rings is 1. The van der Waals surface area contributed by atoms with E-state index in [4.69, 9.17) is 0 Å². The van der Waals surface area contributed by atoms with Gasteiger partial charge in [0, 0.05) is 11.6 Å². The van der Waals surface area contributed by atoms with E-state index < -0.39 is 0 Å². The molecule has 0 spiro atoms. The first-order chi connectivity index (χ1) is 6.79. The Morgan fingerprint density at radius 2 is 1.86 bits per heavy atom. The summed E-state index contributed by atoms with van der Waals surface area (Å²) in [5, 5.41) is 0.595. The van der Waals surface area contributed by atoms with Crippen molar-refractivity contribution in [1.82, 2.24) is 4.98 Å². The van der Waals surface area contributed by atoms with E-state index in [9.17, 15) is 4.39 Å². The Balaban J connectivity index is 0.000000461. The monoisotopic (exact) mass is 191 g/mol. The number of fused-ring (bicyclic) bond motifs is 1. The molecule has 0 fully saturated rings. The number of aromatic nitrogens is 1. The summed E-state index contributed by atoms with van der Waals surface area (Å²) in [5.41, 5.74) is 1.75. The number of nitrogens with zero attached hydrogens (tertiary/aromatic N) is 1. The fourth-order valence-electron chi connectivity index (χ4n) is 1.28. The predicted octanol–water partition coefficient (Wildman–Crippen LogP) is 3.71. The molecule has 2 aromatic rings. The van der Waals surface area contributed by atoms with Crippen LogP contribution in [0, 0.1) is 12.7 Å². The summed E-state index contributed by atoms with van der Waals surface area (Å²) in [6.45, 7) is 5.93. The van der Waals surface area contributed by atoms with E-state index in [1.54, 1.807) is 24.4 Å². The van der Waals surface area contributed by atoms with Crippen molar-refractivity contribution in [2.75, 3.05) is 0 Å². The normalized spacial score (nSPS) is 9.43. The minimum absolute atomic E-state index is 0.205. The third kappa shape index (κ3) is 1.90. The molecule has 0 saturated carbocycles. The first kappa shape index (κ1) is 10.6. The number of hydrogen-bond donors (Lipinski definition) is 0. The van der Waals surface area contributed by atoms with Gasteiger partial charge < -0.3 is 0 Å². The number of aryl methyl sites for hydroxylation is 1. The summed E-state index contributed by atoms with van der Waals surface area (Å²) < 4.78 is 13.1. The van der Waals surface area contributed by atoms with Crippen molar-refractivity contribution in [2.45, 2.75) is 20.8 Å². The molecule has 1 heterocycles. The van der Waals surface area contributed by atoms with Gasteiger partial charge in [-0.2, -0.15) is 0 Å². The molecule has 0 saturated heterocycles. The Morgan fingerprint density at radius 1 is 1.14 bits per heavy atom. The molecular weight excluding hydrogens is 177 g/mol. The third-order valence-corrected chi connectivity index (χ3v) is 1.92. The second-order valence-corrected chi connectivity index (χ2v) is 2.76. The topological polar surface area (TPSA) is 12.9 Å². The van der Waals surface area contributed by atoms with Crippen LogP contribution in [0.2, 0.25) is 0 Å². The van der Waals surface area contributed by atoms with Gasteiger partial charge in [-0.25, -0.2) is 4.39 Å². The molecule has 0 aliphatic heterocycles. The minimum atomic E-state index is -0.205. The summed E-state index contributed by atoms with van der Waals surface area (Å²) in [7, 11) is 0. The fourth-order valence-corrected chi connectivity index (χ4v) is 1.28. The van der Waals surface area contributed by atoms with E-state index >= 15 is 0 Å². The van der Waals surface area contributed by atoms with Gasteiger partial charge in [-0.3, -0.25) is 4.98 Å². The van der Waals surface area contributed by atoms with Crippen LogP contribution in [0.25, 0.3) is 10.9 Å². The first-order valence-electron chi connectivity index (χ1n) is 4.79. The van der Waals surface area contributed by atoms with Gasteiger partial charge >= 0.3 is 0 Å². The van der Waals surface area contributed by atoms with Crippen LogP contribution in [0.15, 0.2) is 30.5 Å². The second-order valence-electron chi connectivity index (χ2n) is 2.76.